The normalized spacial score (nSPS) is 15.4. The van der Waals surface area contributed by atoms with Gasteiger partial charge < -0.3 is 16.6 Å². The summed E-state index contributed by atoms with van der Waals surface area (Å²) in [6, 6.07) is 5.40. The Morgan fingerprint density at radius 3 is 2.62 bits per heavy atom. The number of halogens is 1. The molecule has 5 N–H and O–H groups in total. The smallest absolute Gasteiger partial charge is 0.0650 e. The van der Waals surface area contributed by atoms with E-state index in [1.165, 1.54) is 0 Å². The minimum Gasteiger partial charge on any atom is -0.398 e. The maximum Gasteiger partial charge on any atom is 0.0650 e. The minimum atomic E-state index is -0.712. The second-order valence-electron chi connectivity index (χ2n) is 3.31. The van der Waals surface area contributed by atoms with Crippen LogP contribution in [0, 0.1) is 0 Å². The molecule has 1 aromatic carbocycles. The predicted octanol–water partition coefficient (Wildman–Crippen LogP) is 1.20. The van der Waals surface area contributed by atoms with Crippen LogP contribution in [0.15, 0.2) is 22.7 Å². The van der Waals surface area contributed by atoms with E-state index in [-0.39, 0.29) is 6.61 Å². The maximum absolute atomic E-state index is 9.04. The molecule has 72 valence electrons. The molecule has 0 saturated carbocycles. The second-order valence-corrected chi connectivity index (χ2v) is 4.17. The van der Waals surface area contributed by atoms with Crippen LogP contribution in [0.3, 0.4) is 0 Å². The van der Waals surface area contributed by atoms with Crippen LogP contribution >= 0.6 is 15.9 Å². The molecule has 0 heterocycles. The maximum atomic E-state index is 9.04. The molecule has 0 fully saturated rings. The van der Waals surface area contributed by atoms with Gasteiger partial charge in [-0.15, -0.1) is 0 Å². The largest absolute Gasteiger partial charge is 0.398 e. The zero-order valence-corrected chi connectivity index (χ0v) is 9.01. The minimum absolute atomic E-state index is 0.0939. The number of anilines is 1. The van der Waals surface area contributed by atoms with Crippen LogP contribution in [0.25, 0.3) is 0 Å². The highest BCUT2D eigenvalue weighted by molar-refractivity contribution is 9.10. The first-order valence-corrected chi connectivity index (χ1v) is 4.72. The average molecular weight is 245 g/mol. The van der Waals surface area contributed by atoms with E-state index in [0.717, 1.165) is 10.0 Å². The van der Waals surface area contributed by atoms with Crippen molar-refractivity contribution < 1.29 is 5.11 Å². The van der Waals surface area contributed by atoms with Crippen LogP contribution in [0.5, 0.6) is 0 Å². The van der Waals surface area contributed by atoms with Gasteiger partial charge in [0.25, 0.3) is 0 Å². The summed E-state index contributed by atoms with van der Waals surface area (Å²) in [6.45, 7) is 1.67. The fourth-order valence-electron chi connectivity index (χ4n) is 0.974. The molecule has 13 heavy (non-hydrogen) atoms. The van der Waals surface area contributed by atoms with Crippen molar-refractivity contribution in [2.24, 2.45) is 5.73 Å². The summed E-state index contributed by atoms with van der Waals surface area (Å²) in [4.78, 5) is 0. The molecule has 1 aromatic rings. The molecule has 1 rings (SSSR count). The van der Waals surface area contributed by atoms with Crippen molar-refractivity contribution in [3.8, 4) is 0 Å². The standard InChI is InChI=1S/C9H13BrN2O/c1-9(12,5-13)6-2-3-8(11)7(10)4-6/h2-4,13H,5,11-12H2,1H3. The highest BCUT2D eigenvalue weighted by atomic mass is 79.9. The van der Waals surface area contributed by atoms with Crippen LogP contribution < -0.4 is 11.5 Å². The summed E-state index contributed by atoms with van der Waals surface area (Å²) in [5.41, 5.74) is 12.3. The number of rotatable bonds is 2. The molecule has 0 aliphatic rings. The number of aliphatic hydroxyl groups excluding tert-OH is 1. The fraction of sp³-hybridized carbons (Fsp3) is 0.333. The van der Waals surface area contributed by atoms with Gasteiger partial charge in [-0.3, -0.25) is 0 Å². The second kappa shape index (κ2) is 3.65. The molecule has 1 atom stereocenters. The first kappa shape index (κ1) is 10.5. The van der Waals surface area contributed by atoms with Gasteiger partial charge in [0.1, 0.15) is 0 Å². The summed E-state index contributed by atoms with van der Waals surface area (Å²) < 4.78 is 0.801. The highest BCUT2D eigenvalue weighted by Gasteiger charge is 2.20. The lowest BCUT2D eigenvalue weighted by Crippen LogP contribution is -2.36. The van der Waals surface area contributed by atoms with Gasteiger partial charge in [-0.1, -0.05) is 6.07 Å². The van der Waals surface area contributed by atoms with Gasteiger partial charge in [-0.05, 0) is 40.5 Å². The molecule has 0 saturated heterocycles. The van der Waals surface area contributed by atoms with E-state index >= 15 is 0 Å². The van der Waals surface area contributed by atoms with E-state index < -0.39 is 5.54 Å². The third-order valence-corrected chi connectivity index (χ3v) is 2.68. The van der Waals surface area contributed by atoms with Gasteiger partial charge in [0.2, 0.25) is 0 Å². The number of hydrogen-bond donors (Lipinski definition) is 3. The van der Waals surface area contributed by atoms with Gasteiger partial charge >= 0.3 is 0 Å². The van der Waals surface area contributed by atoms with E-state index in [4.69, 9.17) is 16.6 Å². The number of nitrogens with two attached hydrogens (primary N) is 2. The van der Waals surface area contributed by atoms with Crippen molar-refractivity contribution in [2.75, 3.05) is 12.3 Å². The van der Waals surface area contributed by atoms with E-state index in [1.807, 2.05) is 12.1 Å². The Morgan fingerprint density at radius 2 is 2.15 bits per heavy atom. The molecule has 1 unspecified atom stereocenters. The van der Waals surface area contributed by atoms with Gasteiger partial charge in [-0.2, -0.15) is 0 Å². The molecule has 0 aliphatic carbocycles. The lowest BCUT2D eigenvalue weighted by Gasteiger charge is -2.22. The zero-order chi connectivity index (χ0) is 10.1. The van der Waals surface area contributed by atoms with Gasteiger partial charge in [0.05, 0.1) is 12.1 Å². The fourth-order valence-corrected chi connectivity index (χ4v) is 1.35. The van der Waals surface area contributed by atoms with Gasteiger partial charge in [0, 0.05) is 10.2 Å². The van der Waals surface area contributed by atoms with Crippen molar-refractivity contribution in [2.45, 2.75) is 12.5 Å². The van der Waals surface area contributed by atoms with Gasteiger partial charge in [-0.25, -0.2) is 0 Å². The van der Waals surface area contributed by atoms with E-state index in [2.05, 4.69) is 15.9 Å². The first-order valence-electron chi connectivity index (χ1n) is 3.92. The molecule has 0 amide bonds. The summed E-state index contributed by atoms with van der Waals surface area (Å²) in [5.74, 6) is 0. The average Bonchev–Trinajstić information content (AvgIpc) is 2.09. The van der Waals surface area contributed by atoms with Crippen LogP contribution in [0.1, 0.15) is 12.5 Å². The molecule has 0 spiro atoms. The van der Waals surface area contributed by atoms with Gasteiger partial charge in [0.15, 0.2) is 0 Å². The lowest BCUT2D eigenvalue weighted by atomic mass is 9.94. The van der Waals surface area contributed by atoms with Crippen molar-refractivity contribution in [3.63, 3.8) is 0 Å². The summed E-state index contributed by atoms with van der Waals surface area (Å²) in [7, 11) is 0. The molecule has 3 nitrogen and oxygen atoms in total. The third kappa shape index (κ3) is 2.21. The lowest BCUT2D eigenvalue weighted by molar-refractivity contribution is 0.210. The van der Waals surface area contributed by atoms with Crippen LogP contribution in [0.4, 0.5) is 5.69 Å². The van der Waals surface area contributed by atoms with Crippen molar-refractivity contribution >= 4 is 21.6 Å². The van der Waals surface area contributed by atoms with Crippen molar-refractivity contribution in [1.29, 1.82) is 0 Å². The van der Waals surface area contributed by atoms with Crippen LogP contribution in [0.2, 0.25) is 0 Å². The number of hydrogen-bond acceptors (Lipinski definition) is 3. The predicted molar refractivity (Wildman–Crippen MR) is 57.2 cm³/mol. The molecule has 0 aliphatic heterocycles. The molecular formula is C9H13BrN2O. The monoisotopic (exact) mass is 244 g/mol. The molecule has 0 bridgehead atoms. The summed E-state index contributed by atoms with van der Waals surface area (Å²) in [5, 5.41) is 9.04. The van der Waals surface area contributed by atoms with Crippen molar-refractivity contribution in [1.82, 2.24) is 0 Å². The number of nitrogen functional groups attached to an aromatic ring is 1. The molecule has 0 aromatic heterocycles. The Morgan fingerprint density at radius 1 is 1.54 bits per heavy atom. The van der Waals surface area contributed by atoms with E-state index in [0.29, 0.717) is 5.69 Å². The topological polar surface area (TPSA) is 72.3 Å². The third-order valence-electron chi connectivity index (χ3n) is 1.99. The van der Waals surface area contributed by atoms with E-state index in [1.54, 1.807) is 13.0 Å². The van der Waals surface area contributed by atoms with E-state index in [9.17, 15) is 0 Å². The van der Waals surface area contributed by atoms with Crippen LogP contribution in [-0.4, -0.2) is 11.7 Å². The quantitative estimate of drug-likeness (QED) is 0.685. The SMILES string of the molecule is CC(N)(CO)c1ccc(N)c(Br)c1. The van der Waals surface area contributed by atoms with Crippen molar-refractivity contribution in [3.05, 3.63) is 28.2 Å². The summed E-state index contributed by atoms with van der Waals surface area (Å²) in [6.07, 6.45) is 0. The molecular weight excluding hydrogens is 232 g/mol. The molecule has 0 radical (unpaired) electrons. The Bertz CT molecular complexity index is 312. The zero-order valence-electron chi connectivity index (χ0n) is 7.42. The van der Waals surface area contributed by atoms with Crippen LogP contribution in [-0.2, 0) is 5.54 Å². The molecule has 4 heteroatoms. The first-order chi connectivity index (χ1) is 5.97. The summed E-state index contributed by atoms with van der Waals surface area (Å²) >= 11 is 3.31. The number of aliphatic hydroxyl groups is 1. The Kier molecular flexibility index (Phi) is 2.95. The Labute approximate surface area is 85.9 Å². The number of benzene rings is 1. The Hall–Kier alpha value is -0.580. The Balaban J connectivity index is 3.10. The highest BCUT2D eigenvalue weighted by Crippen LogP contribution is 2.25.